The number of rotatable bonds is 7. The summed E-state index contributed by atoms with van der Waals surface area (Å²) >= 11 is 0. The van der Waals surface area contributed by atoms with Gasteiger partial charge in [0, 0.05) is 31.2 Å². The number of hydrogen-bond acceptors (Lipinski definition) is 2. The van der Waals surface area contributed by atoms with Crippen molar-refractivity contribution in [2.24, 2.45) is 5.92 Å². The lowest BCUT2D eigenvalue weighted by atomic mass is 10.1. The molecule has 0 amide bonds. The molecule has 0 radical (unpaired) electrons. The first-order valence-corrected chi connectivity index (χ1v) is 7.36. The monoisotopic (exact) mass is 269 g/mol. The molecule has 3 nitrogen and oxygen atoms in total. The van der Waals surface area contributed by atoms with Gasteiger partial charge in [-0.1, -0.05) is 19.9 Å². The van der Waals surface area contributed by atoms with E-state index in [0.29, 0.717) is 12.3 Å². The van der Waals surface area contributed by atoms with E-state index < -0.39 is 0 Å². The van der Waals surface area contributed by atoms with E-state index in [1.165, 1.54) is 16.5 Å². The molecule has 0 spiro atoms. The van der Waals surface area contributed by atoms with Gasteiger partial charge in [0.1, 0.15) is 0 Å². The molecule has 1 aromatic heterocycles. The smallest absolute Gasteiger partial charge is 0.0622 e. The van der Waals surface area contributed by atoms with Crippen molar-refractivity contribution in [1.82, 2.24) is 9.88 Å². The van der Waals surface area contributed by atoms with E-state index in [-0.39, 0.29) is 0 Å². The van der Waals surface area contributed by atoms with Crippen LogP contribution in [-0.4, -0.2) is 11.1 Å². The zero-order chi connectivity index (χ0) is 14.4. The molecule has 0 saturated heterocycles. The molecular weight excluding hydrogens is 246 g/mol. The van der Waals surface area contributed by atoms with Crippen molar-refractivity contribution < 1.29 is 0 Å². The van der Waals surface area contributed by atoms with Gasteiger partial charge in [-0.05, 0) is 48.0 Å². The summed E-state index contributed by atoms with van der Waals surface area (Å²) in [6.07, 6.45) is 3.65. The van der Waals surface area contributed by atoms with Crippen LogP contribution in [0.4, 0.5) is 0 Å². The van der Waals surface area contributed by atoms with Crippen molar-refractivity contribution in [1.29, 1.82) is 5.26 Å². The van der Waals surface area contributed by atoms with Gasteiger partial charge < -0.3 is 9.88 Å². The van der Waals surface area contributed by atoms with Crippen LogP contribution >= 0.6 is 0 Å². The van der Waals surface area contributed by atoms with E-state index in [2.05, 4.69) is 60.3 Å². The van der Waals surface area contributed by atoms with Crippen LogP contribution in [0.25, 0.3) is 10.9 Å². The van der Waals surface area contributed by atoms with Crippen LogP contribution < -0.4 is 5.32 Å². The molecule has 0 saturated carbocycles. The number of nitriles is 1. The number of aromatic nitrogens is 1. The maximum absolute atomic E-state index is 8.60. The van der Waals surface area contributed by atoms with Gasteiger partial charge in [0.25, 0.3) is 0 Å². The van der Waals surface area contributed by atoms with E-state index in [0.717, 1.165) is 26.1 Å². The lowest BCUT2D eigenvalue weighted by molar-refractivity contribution is 0.552. The zero-order valence-corrected chi connectivity index (χ0v) is 12.4. The molecule has 0 bridgehead atoms. The van der Waals surface area contributed by atoms with Gasteiger partial charge in [-0.15, -0.1) is 0 Å². The molecule has 106 valence electrons. The Morgan fingerprint density at radius 2 is 2.15 bits per heavy atom. The molecule has 0 unspecified atom stereocenters. The van der Waals surface area contributed by atoms with Crippen LogP contribution in [0.1, 0.15) is 32.3 Å². The summed E-state index contributed by atoms with van der Waals surface area (Å²) in [4.78, 5) is 0. The molecular formula is C17H23N3. The molecule has 0 atom stereocenters. The predicted molar refractivity (Wildman–Crippen MR) is 83.3 cm³/mol. The first-order valence-electron chi connectivity index (χ1n) is 7.36. The topological polar surface area (TPSA) is 40.8 Å². The van der Waals surface area contributed by atoms with Crippen molar-refractivity contribution in [3.63, 3.8) is 0 Å². The van der Waals surface area contributed by atoms with Crippen molar-refractivity contribution in [3.05, 3.63) is 36.0 Å². The maximum atomic E-state index is 8.60. The minimum Gasteiger partial charge on any atom is -0.347 e. The fourth-order valence-electron chi connectivity index (χ4n) is 2.39. The summed E-state index contributed by atoms with van der Waals surface area (Å²) in [5.74, 6) is 0.681. The van der Waals surface area contributed by atoms with E-state index in [1.54, 1.807) is 0 Å². The quantitative estimate of drug-likeness (QED) is 0.779. The van der Waals surface area contributed by atoms with Gasteiger partial charge in [-0.2, -0.15) is 5.26 Å². The van der Waals surface area contributed by atoms with Gasteiger partial charge in [-0.25, -0.2) is 0 Å². The third-order valence-corrected chi connectivity index (χ3v) is 3.40. The third-order valence-electron chi connectivity index (χ3n) is 3.40. The highest BCUT2D eigenvalue weighted by Gasteiger charge is 2.02. The molecule has 0 aliphatic rings. The van der Waals surface area contributed by atoms with Gasteiger partial charge in [0.05, 0.1) is 6.07 Å². The Bertz CT molecular complexity index is 590. The Kier molecular flexibility index (Phi) is 5.20. The van der Waals surface area contributed by atoms with E-state index in [4.69, 9.17) is 5.26 Å². The maximum Gasteiger partial charge on any atom is 0.0622 e. The predicted octanol–water partition coefficient (Wildman–Crippen LogP) is 3.69. The molecule has 0 fully saturated rings. The number of hydrogen-bond donors (Lipinski definition) is 1. The summed E-state index contributed by atoms with van der Waals surface area (Å²) in [6.45, 7) is 7.33. The number of nitrogens with zero attached hydrogens (tertiary/aromatic N) is 2. The van der Waals surface area contributed by atoms with E-state index >= 15 is 0 Å². The Morgan fingerprint density at radius 1 is 1.30 bits per heavy atom. The summed E-state index contributed by atoms with van der Waals surface area (Å²) in [5.41, 5.74) is 2.59. The lowest BCUT2D eigenvalue weighted by Gasteiger charge is -2.08. The molecule has 1 aromatic carbocycles. The fraction of sp³-hybridized carbons (Fsp3) is 0.471. The molecule has 1 heterocycles. The average Bonchev–Trinajstić information content (AvgIpc) is 2.81. The van der Waals surface area contributed by atoms with Crippen LogP contribution in [0.5, 0.6) is 0 Å². The Hall–Kier alpha value is -1.79. The first-order chi connectivity index (χ1) is 9.70. The summed E-state index contributed by atoms with van der Waals surface area (Å²) < 4.78 is 2.23. The number of benzene rings is 1. The van der Waals surface area contributed by atoms with Crippen LogP contribution in [0, 0.1) is 17.2 Å². The second-order valence-electron chi connectivity index (χ2n) is 5.69. The Morgan fingerprint density at radius 3 is 2.90 bits per heavy atom. The second kappa shape index (κ2) is 7.12. The van der Waals surface area contributed by atoms with Gasteiger partial charge in [-0.3, -0.25) is 0 Å². The Labute approximate surface area is 121 Å². The van der Waals surface area contributed by atoms with Crippen LogP contribution in [0.2, 0.25) is 0 Å². The highest BCUT2D eigenvalue weighted by molar-refractivity contribution is 5.80. The summed E-state index contributed by atoms with van der Waals surface area (Å²) in [6, 6.07) is 11.0. The molecule has 0 aliphatic carbocycles. The van der Waals surface area contributed by atoms with Crippen molar-refractivity contribution >= 4 is 10.9 Å². The molecule has 2 rings (SSSR count). The van der Waals surface area contributed by atoms with Crippen LogP contribution in [0.15, 0.2) is 30.5 Å². The molecule has 3 heteroatoms. The molecule has 1 N–H and O–H groups in total. The molecule has 2 aromatic rings. The number of fused-ring (bicyclic) bond motifs is 1. The first kappa shape index (κ1) is 14.6. The molecule has 20 heavy (non-hydrogen) atoms. The lowest BCUT2D eigenvalue weighted by Crippen LogP contribution is -2.18. The SMILES string of the molecule is CC(C)CNCc1ccc2c(ccn2CCCC#N)c1. The Balaban J connectivity index is 2.02. The third kappa shape index (κ3) is 3.85. The van der Waals surface area contributed by atoms with Crippen molar-refractivity contribution in [2.75, 3.05) is 6.54 Å². The minimum absolute atomic E-state index is 0.622. The number of aryl methyl sites for hydroxylation is 1. The fourth-order valence-corrected chi connectivity index (χ4v) is 2.39. The van der Waals surface area contributed by atoms with E-state index in [1.807, 2.05) is 0 Å². The van der Waals surface area contributed by atoms with Crippen molar-refractivity contribution in [3.8, 4) is 6.07 Å². The van der Waals surface area contributed by atoms with E-state index in [9.17, 15) is 0 Å². The second-order valence-corrected chi connectivity index (χ2v) is 5.69. The minimum atomic E-state index is 0.622. The largest absolute Gasteiger partial charge is 0.347 e. The number of nitrogens with one attached hydrogen (secondary N) is 1. The van der Waals surface area contributed by atoms with Crippen LogP contribution in [-0.2, 0) is 13.1 Å². The highest BCUT2D eigenvalue weighted by atomic mass is 14.9. The normalized spacial score (nSPS) is 11.1. The van der Waals surface area contributed by atoms with Crippen LogP contribution in [0.3, 0.4) is 0 Å². The number of unbranched alkanes of at least 4 members (excludes halogenated alkanes) is 1. The van der Waals surface area contributed by atoms with Crippen molar-refractivity contribution in [2.45, 2.75) is 39.8 Å². The average molecular weight is 269 g/mol. The highest BCUT2D eigenvalue weighted by Crippen LogP contribution is 2.18. The standard InChI is InChI=1S/C17H23N3/c1-14(2)12-19-13-15-5-6-17-16(11-15)7-10-20(17)9-4-3-8-18/h5-7,10-11,14,19H,3-4,9,12-13H2,1-2H3. The summed E-state index contributed by atoms with van der Waals surface area (Å²) in [7, 11) is 0. The van der Waals surface area contributed by atoms with Gasteiger partial charge >= 0.3 is 0 Å². The summed E-state index contributed by atoms with van der Waals surface area (Å²) in [5, 5.41) is 13.4. The zero-order valence-electron chi connectivity index (χ0n) is 12.4. The molecule has 0 aliphatic heterocycles. The van der Waals surface area contributed by atoms with Gasteiger partial charge in [0.2, 0.25) is 0 Å². The van der Waals surface area contributed by atoms with Gasteiger partial charge in [0.15, 0.2) is 0 Å².